The average Bonchev–Trinajstić information content (AvgIpc) is 2.39. The zero-order chi connectivity index (χ0) is 14.5. The quantitative estimate of drug-likeness (QED) is 0.868. The van der Waals surface area contributed by atoms with Crippen LogP contribution >= 0.6 is 0 Å². The Bertz CT molecular complexity index is 635. The standard InChI is InChI=1S/C16H14FNO2/c1-11(19)13-5-7-15(8-6-13)18-16(20)10-12-3-2-4-14(17)9-12/h2-9H,10H2,1H3,(H,18,20). The van der Waals surface area contributed by atoms with Crippen molar-refractivity contribution in [2.24, 2.45) is 0 Å². The molecule has 102 valence electrons. The SMILES string of the molecule is CC(=O)c1ccc(NC(=O)Cc2cccc(F)c2)cc1. The van der Waals surface area contributed by atoms with Gasteiger partial charge in [-0.25, -0.2) is 4.39 Å². The molecule has 2 aromatic rings. The molecule has 0 aliphatic carbocycles. The molecule has 1 amide bonds. The number of hydrogen-bond acceptors (Lipinski definition) is 2. The van der Waals surface area contributed by atoms with Gasteiger partial charge < -0.3 is 5.32 Å². The number of benzene rings is 2. The number of anilines is 1. The van der Waals surface area contributed by atoms with E-state index in [1.165, 1.54) is 19.1 Å². The van der Waals surface area contributed by atoms with Crippen LogP contribution in [-0.2, 0) is 11.2 Å². The summed E-state index contributed by atoms with van der Waals surface area (Å²) in [5, 5.41) is 2.70. The third-order valence-corrected chi connectivity index (χ3v) is 2.83. The van der Waals surface area contributed by atoms with Crippen LogP contribution in [0.4, 0.5) is 10.1 Å². The molecule has 0 heterocycles. The summed E-state index contributed by atoms with van der Waals surface area (Å²) in [7, 11) is 0. The highest BCUT2D eigenvalue weighted by Gasteiger charge is 2.05. The van der Waals surface area contributed by atoms with Gasteiger partial charge in [-0.15, -0.1) is 0 Å². The Kier molecular flexibility index (Phi) is 4.25. The number of carbonyl (C=O) groups is 2. The van der Waals surface area contributed by atoms with Crippen LogP contribution in [0.3, 0.4) is 0 Å². The van der Waals surface area contributed by atoms with Crippen molar-refractivity contribution >= 4 is 17.4 Å². The highest BCUT2D eigenvalue weighted by atomic mass is 19.1. The van der Waals surface area contributed by atoms with Gasteiger partial charge in [-0.3, -0.25) is 9.59 Å². The highest BCUT2D eigenvalue weighted by Crippen LogP contribution is 2.11. The Hall–Kier alpha value is -2.49. The van der Waals surface area contributed by atoms with E-state index in [-0.39, 0.29) is 23.9 Å². The molecule has 2 aromatic carbocycles. The molecule has 0 aromatic heterocycles. The number of halogens is 1. The second kappa shape index (κ2) is 6.10. The second-order valence-corrected chi connectivity index (χ2v) is 4.49. The van der Waals surface area contributed by atoms with Gasteiger partial charge in [0.2, 0.25) is 5.91 Å². The van der Waals surface area contributed by atoms with Crippen molar-refractivity contribution < 1.29 is 14.0 Å². The van der Waals surface area contributed by atoms with Gasteiger partial charge >= 0.3 is 0 Å². The van der Waals surface area contributed by atoms with Crippen LogP contribution in [-0.4, -0.2) is 11.7 Å². The Morgan fingerprint density at radius 2 is 1.80 bits per heavy atom. The Morgan fingerprint density at radius 3 is 2.40 bits per heavy atom. The van der Waals surface area contributed by atoms with Crippen LogP contribution in [0, 0.1) is 5.82 Å². The van der Waals surface area contributed by atoms with E-state index in [0.717, 1.165) is 0 Å². The van der Waals surface area contributed by atoms with Crippen LogP contribution in [0.15, 0.2) is 48.5 Å². The van der Waals surface area contributed by atoms with Crippen LogP contribution in [0.1, 0.15) is 22.8 Å². The molecule has 4 heteroatoms. The molecule has 0 saturated carbocycles. The normalized spacial score (nSPS) is 10.1. The summed E-state index contributed by atoms with van der Waals surface area (Å²) in [4.78, 5) is 22.9. The van der Waals surface area contributed by atoms with Gasteiger partial charge in [0.05, 0.1) is 6.42 Å². The lowest BCUT2D eigenvalue weighted by atomic mass is 10.1. The molecular weight excluding hydrogens is 257 g/mol. The van der Waals surface area contributed by atoms with Crippen molar-refractivity contribution in [2.75, 3.05) is 5.32 Å². The van der Waals surface area contributed by atoms with Crippen LogP contribution in [0.25, 0.3) is 0 Å². The van der Waals surface area contributed by atoms with E-state index in [9.17, 15) is 14.0 Å². The molecule has 0 bridgehead atoms. The van der Waals surface area contributed by atoms with E-state index < -0.39 is 0 Å². The summed E-state index contributed by atoms with van der Waals surface area (Å²) < 4.78 is 13.0. The van der Waals surface area contributed by atoms with E-state index in [2.05, 4.69) is 5.32 Å². The first-order valence-corrected chi connectivity index (χ1v) is 6.20. The second-order valence-electron chi connectivity index (χ2n) is 4.49. The molecule has 1 N–H and O–H groups in total. The minimum atomic E-state index is -0.360. The lowest BCUT2D eigenvalue weighted by molar-refractivity contribution is -0.115. The van der Waals surface area contributed by atoms with E-state index in [1.807, 2.05) is 0 Å². The topological polar surface area (TPSA) is 46.2 Å². The minimum absolute atomic E-state index is 0.0253. The zero-order valence-electron chi connectivity index (χ0n) is 11.0. The molecule has 0 atom stereocenters. The van der Waals surface area contributed by atoms with Crippen molar-refractivity contribution in [3.8, 4) is 0 Å². The Balaban J connectivity index is 1.99. The smallest absolute Gasteiger partial charge is 0.228 e. The van der Waals surface area contributed by atoms with Gasteiger partial charge in [0.15, 0.2) is 5.78 Å². The highest BCUT2D eigenvalue weighted by molar-refractivity contribution is 5.96. The lowest BCUT2D eigenvalue weighted by Crippen LogP contribution is -2.14. The van der Waals surface area contributed by atoms with Crippen molar-refractivity contribution in [3.05, 3.63) is 65.5 Å². The molecule has 0 radical (unpaired) electrons. The number of Topliss-reactive ketones (excluding diaryl/α,β-unsaturated/α-hetero) is 1. The van der Waals surface area contributed by atoms with E-state index in [1.54, 1.807) is 36.4 Å². The first kappa shape index (κ1) is 13.9. The van der Waals surface area contributed by atoms with Crippen LogP contribution in [0.5, 0.6) is 0 Å². The summed E-state index contributed by atoms with van der Waals surface area (Å²) in [6.45, 7) is 1.48. The third kappa shape index (κ3) is 3.75. The predicted molar refractivity (Wildman–Crippen MR) is 75.2 cm³/mol. The molecule has 0 spiro atoms. The maximum Gasteiger partial charge on any atom is 0.228 e. The monoisotopic (exact) mass is 271 g/mol. The Labute approximate surface area is 116 Å². The molecule has 0 unspecified atom stereocenters. The fourth-order valence-corrected chi connectivity index (χ4v) is 1.83. The van der Waals surface area contributed by atoms with Gasteiger partial charge in [0.25, 0.3) is 0 Å². The lowest BCUT2D eigenvalue weighted by Gasteiger charge is -2.06. The van der Waals surface area contributed by atoms with Crippen molar-refractivity contribution in [1.82, 2.24) is 0 Å². The fraction of sp³-hybridized carbons (Fsp3) is 0.125. The van der Waals surface area contributed by atoms with E-state index >= 15 is 0 Å². The van der Waals surface area contributed by atoms with Gasteiger partial charge in [-0.1, -0.05) is 12.1 Å². The number of carbonyl (C=O) groups excluding carboxylic acids is 2. The number of hydrogen-bond donors (Lipinski definition) is 1. The molecule has 0 fully saturated rings. The number of amides is 1. The fourth-order valence-electron chi connectivity index (χ4n) is 1.83. The Morgan fingerprint density at radius 1 is 1.10 bits per heavy atom. The first-order chi connectivity index (χ1) is 9.54. The largest absolute Gasteiger partial charge is 0.326 e. The van der Waals surface area contributed by atoms with Crippen molar-refractivity contribution in [1.29, 1.82) is 0 Å². The molecule has 0 aliphatic heterocycles. The maximum atomic E-state index is 13.0. The summed E-state index contributed by atoms with van der Waals surface area (Å²) in [6.07, 6.45) is 0.103. The molecular formula is C16H14FNO2. The average molecular weight is 271 g/mol. The molecule has 20 heavy (non-hydrogen) atoms. The summed E-state index contributed by atoms with van der Waals surface area (Å²) >= 11 is 0. The first-order valence-electron chi connectivity index (χ1n) is 6.20. The van der Waals surface area contributed by atoms with Crippen molar-refractivity contribution in [2.45, 2.75) is 13.3 Å². The molecule has 0 aliphatic rings. The minimum Gasteiger partial charge on any atom is -0.326 e. The predicted octanol–water partition coefficient (Wildman–Crippen LogP) is 3.21. The zero-order valence-corrected chi connectivity index (χ0v) is 11.0. The number of nitrogens with one attached hydrogen (secondary N) is 1. The molecule has 2 rings (SSSR count). The van der Waals surface area contributed by atoms with Gasteiger partial charge in [-0.05, 0) is 48.9 Å². The van der Waals surface area contributed by atoms with Gasteiger partial charge in [0, 0.05) is 11.3 Å². The van der Waals surface area contributed by atoms with Crippen LogP contribution in [0.2, 0.25) is 0 Å². The van der Waals surface area contributed by atoms with Crippen LogP contribution < -0.4 is 5.32 Å². The van der Waals surface area contributed by atoms with Gasteiger partial charge in [0.1, 0.15) is 5.82 Å². The number of ketones is 1. The summed E-state index contributed by atoms with van der Waals surface area (Å²) in [6, 6.07) is 12.6. The van der Waals surface area contributed by atoms with Crippen molar-refractivity contribution in [3.63, 3.8) is 0 Å². The molecule has 0 saturated heterocycles. The maximum absolute atomic E-state index is 13.0. The van der Waals surface area contributed by atoms with E-state index in [0.29, 0.717) is 16.8 Å². The summed E-state index contributed by atoms with van der Waals surface area (Å²) in [5.74, 6) is -0.616. The number of rotatable bonds is 4. The van der Waals surface area contributed by atoms with E-state index in [4.69, 9.17) is 0 Å². The molecule has 3 nitrogen and oxygen atoms in total. The van der Waals surface area contributed by atoms with Gasteiger partial charge in [-0.2, -0.15) is 0 Å². The summed E-state index contributed by atoms with van der Waals surface area (Å²) in [5.41, 5.74) is 1.81. The third-order valence-electron chi connectivity index (χ3n) is 2.83.